The lowest BCUT2D eigenvalue weighted by atomic mass is 10.2. The van der Waals surface area contributed by atoms with Crippen molar-refractivity contribution in [3.05, 3.63) is 29.8 Å². The molecule has 0 radical (unpaired) electrons. The molecule has 3 nitrogen and oxygen atoms in total. The van der Waals surface area contributed by atoms with E-state index in [2.05, 4.69) is 22.4 Å². The SMILES string of the molecule is CNCc1cccc(N=C(C)N(C)C)c1. The summed E-state index contributed by atoms with van der Waals surface area (Å²) in [6.07, 6.45) is 0. The Hall–Kier alpha value is -1.35. The molecule has 1 N–H and O–H groups in total. The van der Waals surface area contributed by atoms with E-state index in [1.165, 1.54) is 5.56 Å². The van der Waals surface area contributed by atoms with Crippen LogP contribution in [0.4, 0.5) is 5.69 Å². The molecule has 0 spiro atoms. The standard InChI is InChI=1S/C12H19N3/c1-10(15(3)4)14-12-7-5-6-11(8-12)9-13-2/h5-8,13H,9H2,1-4H3. The molecule has 0 saturated carbocycles. The summed E-state index contributed by atoms with van der Waals surface area (Å²) < 4.78 is 0. The third-order valence-electron chi connectivity index (χ3n) is 2.23. The first-order chi connectivity index (χ1) is 7.13. The maximum Gasteiger partial charge on any atom is 0.101 e. The molecule has 0 unspecified atom stereocenters. The van der Waals surface area contributed by atoms with Crippen molar-refractivity contribution in [1.29, 1.82) is 0 Å². The summed E-state index contributed by atoms with van der Waals surface area (Å²) in [7, 11) is 5.94. The van der Waals surface area contributed by atoms with Gasteiger partial charge in [0.1, 0.15) is 5.84 Å². The Morgan fingerprint density at radius 3 is 2.73 bits per heavy atom. The van der Waals surface area contributed by atoms with Gasteiger partial charge in [0.05, 0.1) is 5.69 Å². The first-order valence-electron chi connectivity index (χ1n) is 5.09. The molecule has 0 fully saturated rings. The van der Waals surface area contributed by atoms with Crippen molar-refractivity contribution >= 4 is 11.5 Å². The van der Waals surface area contributed by atoms with Crippen molar-refractivity contribution in [2.24, 2.45) is 4.99 Å². The normalized spacial score (nSPS) is 11.6. The Bertz CT molecular complexity index is 342. The molecule has 0 amide bonds. The highest BCUT2D eigenvalue weighted by Gasteiger charge is 1.96. The van der Waals surface area contributed by atoms with Gasteiger partial charge in [-0.15, -0.1) is 0 Å². The van der Waals surface area contributed by atoms with E-state index in [1.807, 2.05) is 45.1 Å². The van der Waals surface area contributed by atoms with E-state index >= 15 is 0 Å². The van der Waals surface area contributed by atoms with Crippen LogP contribution in [0.25, 0.3) is 0 Å². The van der Waals surface area contributed by atoms with Gasteiger partial charge < -0.3 is 10.2 Å². The molecule has 1 aromatic carbocycles. The summed E-state index contributed by atoms with van der Waals surface area (Å²) in [6.45, 7) is 2.88. The molecule has 0 bridgehead atoms. The molecule has 0 aliphatic carbocycles. The molecule has 15 heavy (non-hydrogen) atoms. The van der Waals surface area contributed by atoms with Crippen LogP contribution in [-0.4, -0.2) is 31.9 Å². The molecular weight excluding hydrogens is 186 g/mol. The van der Waals surface area contributed by atoms with Crippen molar-refractivity contribution in [3.8, 4) is 0 Å². The first kappa shape index (κ1) is 11.7. The zero-order chi connectivity index (χ0) is 11.3. The Labute approximate surface area is 91.8 Å². The fraction of sp³-hybridized carbons (Fsp3) is 0.417. The van der Waals surface area contributed by atoms with Gasteiger partial charge in [-0.25, -0.2) is 4.99 Å². The van der Waals surface area contributed by atoms with Crippen molar-refractivity contribution in [2.75, 3.05) is 21.1 Å². The Morgan fingerprint density at radius 2 is 2.13 bits per heavy atom. The topological polar surface area (TPSA) is 27.6 Å². The predicted octanol–water partition coefficient (Wildman–Crippen LogP) is 2.02. The van der Waals surface area contributed by atoms with Gasteiger partial charge in [-0.1, -0.05) is 12.1 Å². The highest BCUT2D eigenvalue weighted by molar-refractivity contribution is 5.82. The van der Waals surface area contributed by atoms with Gasteiger partial charge in [0.25, 0.3) is 0 Å². The maximum absolute atomic E-state index is 4.52. The smallest absolute Gasteiger partial charge is 0.101 e. The van der Waals surface area contributed by atoms with Crippen LogP contribution in [0, 0.1) is 0 Å². The number of benzene rings is 1. The van der Waals surface area contributed by atoms with Crippen LogP contribution in [-0.2, 0) is 6.54 Å². The van der Waals surface area contributed by atoms with Crippen molar-refractivity contribution in [2.45, 2.75) is 13.5 Å². The van der Waals surface area contributed by atoms with Gasteiger partial charge >= 0.3 is 0 Å². The fourth-order valence-electron chi connectivity index (χ4n) is 1.23. The van der Waals surface area contributed by atoms with Crippen LogP contribution in [0.1, 0.15) is 12.5 Å². The molecule has 1 aromatic rings. The molecule has 0 saturated heterocycles. The lowest BCUT2D eigenvalue weighted by molar-refractivity contribution is 0.619. The van der Waals surface area contributed by atoms with Gasteiger partial charge in [-0.05, 0) is 31.7 Å². The lowest BCUT2D eigenvalue weighted by Gasteiger charge is -2.11. The average molecular weight is 205 g/mol. The number of nitrogens with zero attached hydrogens (tertiary/aromatic N) is 2. The summed E-state index contributed by atoms with van der Waals surface area (Å²) in [5.41, 5.74) is 2.26. The quantitative estimate of drug-likeness (QED) is 0.604. The third-order valence-corrected chi connectivity index (χ3v) is 2.23. The largest absolute Gasteiger partial charge is 0.366 e. The highest BCUT2D eigenvalue weighted by atomic mass is 15.1. The minimum atomic E-state index is 0.879. The average Bonchev–Trinajstić information content (AvgIpc) is 2.18. The van der Waals surface area contributed by atoms with E-state index in [9.17, 15) is 0 Å². The van der Waals surface area contributed by atoms with E-state index in [0.29, 0.717) is 0 Å². The number of hydrogen-bond acceptors (Lipinski definition) is 2. The molecule has 0 heterocycles. The van der Waals surface area contributed by atoms with Crippen LogP contribution in [0.3, 0.4) is 0 Å². The van der Waals surface area contributed by atoms with Crippen molar-refractivity contribution in [3.63, 3.8) is 0 Å². The van der Waals surface area contributed by atoms with Crippen LogP contribution in [0.15, 0.2) is 29.3 Å². The number of amidine groups is 1. The zero-order valence-corrected chi connectivity index (χ0v) is 9.91. The zero-order valence-electron chi connectivity index (χ0n) is 9.91. The van der Waals surface area contributed by atoms with Crippen molar-refractivity contribution < 1.29 is 0 Å². The second-order valence-electron chi connectivity index (χ2n) is 3.75. The molecule has 0 atom stereocenters. The van der Waals surface area contributed by atoms with E-state index in [1.54, 1.807) is 0 Å². The van der Waals surface area contributed by atoms with E-state index in [4.69, 9.17) is 0 Å². The second kappa shape index (κ2) is 5.51. The minimum absolute atomic E-state index is 0.879. The molecule has 0 aliphatic heterocycles. The Morgan fingerprint density at radius 1 is 1.40 bits per heavy atom. The van der Waals surface area contributed by atoms with Crippen LogP contribution < -0.4 is 5.32 Å². The van der Waals surface area contributed by atoms with Gasteiger partial charge in [-0.2, -0.15) is 0 Å². The van der Waals surface area contributed by atoms with Crippen molar-refractivity contribution in [1.82, 2.24) is 10.2 Å². The van der Waals surface area contributed by atoms with E-state index in [0.717, 1.165) is 18.1 Å². The molecule has 82 valence electrons. The molecule has 1 rings (SSSR count). The van der Waals surface area contributed by atoms with Gasteiger partial charge in [-0.3, -0.25) is 0 Å². The number of aliphatic imine (C=N–C) groups is 1. The van der Waals surface area contributed by atoms with Gasteiger partial charge in [0.15, 0.2) is 0 Å². The summed E-state index contributed by atoms with van der Waals surface area (Å²) in [5, 5.41) is 3.13. The second-order valence-corrected chi connectivity index (χ2v) is 3.75. The number of hydrogen-bond donors (Lipinski definition) is 1. The molecule has 0 aliphatic rings. The lowest BCUT2D eigenvalue weighted by Crippen LogP contribution is -2.17. The van der Waals surface area contributed by atoms with Crippen LogP contribution in [0.2, 0.25) is 0 Å². The summed E-state index contributed by atoms with van der Waals surface area (Å²) in [4.78, 5) is 6.52. The fourth-order valence-corrected chi connectivity index (χ4v) is 1.23. The number of rotatable bonds is 3. The minimum Gasteiger partial charge on any atom is -0.366 e. The molecule has 3 heteroatoms. The van der Waals surface area contributed by atoms with E-state index in [-0.39, 0.29) is 0 Å². The Kier molecular flexibility index (Phi) is 4.31. The van der Waals surface area contributed by atoms with Crippen LogP contribution >= 0.6 is 0 Å². The monoisotopic (exact) mass is 205 g/mol. The molecule has 0 aromatic heterocycles. The summed E-state index contributed by atoms with van der Waals surface area (Å²) in [6, 6.07) is 8.25. The van der Waals surface area contributed by atoms with Crippen LogP contribution in [0.5, 0.6) is 0 Å². The predicted molar refractivity (Wildman–Crippen MR) is 65.7 cm³/mol. The summed E-state index contributed by atoms with van der Waals surface area (Å²) >= 11 is 0. The van der Waals surface area contributed by atoms with Gasteiger partial charge in [0, 0.05) is 20.6 Å². The first-order valence-corrected chi connectivity index (χ1v) is 5.09. The number of nitrogens with one attached hydrogen (secondary N) is 1. The Balaban J connectivity index is 2.86. The van der Waals surface area contributed by atoms with E-state index < -0.39 is 0 Å². The highest BCUT2D eigenvalue weighted by Crippen LogP contribution is 2.14. The third kappa shape index (κ3) is 3.72. The van der Waals surface area contributed by atoms with Gasteiger partial charge in [0.2, 0.25) is 0 Å². The summed E-state index contributed by atoms with van der Waals surface area (Å²) in [5.74, 6) is 1.01. The molecular formula is C12H19N3. The maximum atomic E-state index is 4.52.